The van der Waals surface area contributed by atoms with Gasteiger partial charge < -0.3 is 14.3 Å². The normalized spacial score (nSPS) is 42.1. The first kappa shape index (κ1) is 36.6. The van der Waals surface area contributed by atoms with Crippen molar-refractivity contribution in [2.75, 3.05) is 0 Å². The molecule has 0 radical (unpaired) electrons. The second-order valence-corrected chi connectivity index (χ2v) is 19.5. The third kappa shape index (κ3) is 5.22. The average Bonchev–Trinajstić information content (AvgIpc) is 3.41. The molecule has 0 heterocycles. The van der Waals surface area contributed by atoms with E-state index in [-0.39, 0.29) is 39.3 Å². The van der Waals surface area contributed by atoms with Crippen molar-refractivity contribution >= 4 is 18.2 Å². The molecular formula is C44H66O5. The minimum Gasteiger partial charge on any atom is -0.462 e. The summed E-state index contributed by atoms with van der Waals surface area (Å²) in [6.07, 6.45) is 17.3. The fraction of sp³-hybridized carbons (Fsp3) is 0.795. The van der Waals surface area contributed by atoms with Gasteiger partial charge in [0.05, 0.1) is 12.2 Å². The van der Waals surface area contributed by atoms with E-state index < -0.39 is 17.4 Å². The molecule has 6 aliphatic rings. The van der Waals surface area contributed by atoms with Crippen molar-refractivity contribution in [2.45, 2.75) is 158 Å². The van der Waals surface area contributed by atoms with Crippen molar-refractivity contribution < 1.29 is 23.9 Å². The Bertz CT molecular complexity index is 1420. The Labute approximate surface area is 297 Å². The fourth-order valence-corrected chi connectivity index (χ4v) is 13.8. The summed E-state index contributed by atoms with van der Waals surface area (Å²) in [6, 6.07) is 0. The largest absolute Gasteiger partial charge is 0.462 e. The molecule has 0 N–H and O–H groups in total. The number of allylic oxidation sites excluding steroid dienone is 5. The summed E-state index contributed by atoms with van der Waals surface area (Å²) in [7, 11) is 0. The monoisotopic (exact) mass is 674 g/mol. The number of ether oxygens (including phenoxy) is 2. The fourth-order valence-electron chi connectivity index (χ4n) is 13.8. The maximum absolute atomic E-state index is 13.4. The number of aldehydes is 1. The molecule has 0 bridgehead atoms. The zero-order valence-electron chi connectivity index (χ0n) is 32.5. The molecular weight excluding hydrogens is 608 g/mol. The number of fused-ring (bicyclic) bond motifs is 7. The second kappa shape index (κ2) is 12.2. The summed E-state index contributed by atoms with van der Waals surface area (Å²) in [5, 5.41) is 0. The Kier molecular flexibility index (Phi) is 9.13. The van der Waals surface area contributed by atoms with E-state index in [2.05, 4.69) is 60.3 Å². The number of rotatable bonds is 7. The van der Waals surface area contributed by atoms with Crippen LogP contribution in [0.5, 0.6) is 0 Å². The Morgan fingerprint density at radius 3 is 2.00 bits per heavy atom. The van der Waals surface area contributed by atoms with E-state index in [9.17, 15) is 14.4 Å². The minimum absolute atomic E-state index is 0.0233. The molecule has 4 fully saturated rings. The van der Waals surface area contributed by atoms with Crippen LogP contribution in [-0.4, -0.2) is 30.4 Å². The SMILES string of the molecule is C=C(C)[C@@H]1CC[C@]2(C=O)CC[C@]3(C)[C@H](CC[C@@H]4[C@@]5(C)CC=C(C6=CCC(C(=O)OC(C)C)(C(=O)OC(C)C)CC6)C(C)(C)[C@@H]5CC[C@]43C)[C@@H]12. The van der Waals surface area contributed by atoms with Gasteiger partial charge in [0.1, 0.15) is 6.29 Å². The van der Waals surface area contributed by atoms with E-state index >= 15 is 0 Å². The van der Waals surface area contributed by atoms with Crippen LogP contribution < -0.4 is 0 Å². The van der Waals surface area contributed by atoms with Crippen molar-refractivity contribution in [3.63, 3.8) is 0 Å². The minimum atomic E-state index is -1.28. The van der Waals surface area contributed by atoms with Crippen molar-refractivity contribution in [1.29, 1.82) is 0 Å². The lowest BCUT2D eigenvalue weighted by molar-refractivity contribution is -0.224. The first-order valence-electron chi connectivity index (χ1n) is 19.8. The Morgan fingerprint density at radius 2 is 1.45 bits per heavy atom. The van der Waals surface area contributed by atoms with Crippen molar-refractivity contribution in [3.8, 4) is 0 Å². The van der Waals surface area contributed by atoms with Gasteiger partial charge in [0.25, 0.3) is 0 Å². The molecule has 49 heavy (non-hydrogen) atoms. The van der Waals surface area contributed by atoms with Crippen LogP contribution in [0.2, 0.25) is 0 Å². The molecule has 6 aliphatic carbocycles. The van der Waals surface area contributed by atoms with E-state index in [1.54, 1.807) is 0 Å². The van der Waals surface area contributed by atoms with Crippen molar-refractivity contribution in [3.05, 3.63) is 35.5 Å². The molecule has 0 saturated heterocycles. The topological polar surface area (TPSA) is 69.7 Å². The molecule has 0 spiro atoms. The molecule has 0 aliphatic heterocycles. The molecule has 0 aromatic heterocycles. The predicted molar refractivity (Wildman–Crippen MR) is 195 cm³/mol. The summed E-state index contributed by atoms with van der Waals surface area (Å²) in [4.78, 5) is 39.7. The molecule has 0 aromatic carbocycles. The lowest BCUT2D eigenvalue weighted by Crippen LogP contribution is -2.65. The van der Waals surface area contributed by atoms with E-state index in [1.165, 1.54) is 55.1 Å². The summed E-state index contributed by atoms with van der Waals surface area (Å²) in [6.45, 7) is 26.8. The van der Waals surface area contributed by atoms with Gasteiger partial charge in [-0.3, -0.25) is 9.59 Å². The first-order chi connectivity index (χ1) is 22.8. The molecule has 5 heteroatoms. The summed E-state index contributed by atoms with van der Waals surface area (Å²) in [5.41, 5.74) is 3.20. The molecule has 0 aromatic rings. The van der Waals surface area contributed by atoms with Crippen LogP contribution in [0.1, 0.15) is 146 Å². The molecule has 9 atom stereocenters. The van der Waals surface area contributed by atoms with Gasteiger partial charge in [0, 0.05) is 5.41 Å². The quantitative estimate of drug-likeness (QED) is 0.116. The number of esters is 2. The van der Waals surface area contributed by atoms with Crippen LogP contribution in [0.4, 0.5) is 0 Å². The highest BCUT2D eigenvalue weighted by Crippen LogP contribution is 2.77. The van der Waals surface area contributed by atoms with Gasteiger partial charge in [-0.2, -0.15) is 0 Å². The van der Waals surface area contributed by atoms with Gasteiger partial charge in [-0.25, -0.2) is 0 Å². The van der Waals surface area contributed by atoms with Gasteiger partial charge >= 0.3 is 11.9 Å². The van der Waals surface area contributed by atoms with E-state index in [1.807, 2.05) is 27.7 Å². The molecule has 5 nitrogen and oxygen atoms in total. The summed E-state index contributed by atoms with van der Waals surface area (Å²) in [5.74, 6) is 1.78. The third-order valence-electron chi connectivity index (χ3n) is 16.3. The highest BCUT2D eigenvalue weighted by atomic mass is 16.6. The van der Waals surface area contributed by atoms with Crippen LogP contribution in [0, 0.1) is 62.1 Å². The molecule has 6 rings (SSSR count). The van der Waals surface area contributed by atoms with Gasteiger partial charge in [0.2, 0.25) is 0 Å². The Hall–Kier alpha value is -2.17. The van der Waals surface area contributed by atoms with Crippen LogP contribution in [0.3, 0.4) is 0 Å². The average molecular weight is 675 g/mol. The highest BCUT2D eigenvalue weighted by molar-refractivity contribution is 6.00. The number of carbonyl (C=O) groups is 3. The van der Waals surface area contributed by atoms with Crippen LogP contribution >= 0.6 is 0 Å². The smallest absolute Gasteiger partial charge is 0.324 e. The number of hydrogen-bond donors (Lipinski definition) is 0. The van der Waals surface area contributed by atoms with Crippen LogP contribution in [0.15, 0.2) is 35.5 Å². The van der Waals surface area contributed by atoms with Gasteiger partial charge in [-0.15, -0.1) is 0 Å². The number of carbonyl (C=O) groups excluding carboxylic acids is 3. The predicted octanol–water partition coefficient (Wildman–Crippen LogP) is 10.4. The molecule has 0 unspecified atom stereocenters. The lowest BCUT2D eigenvalue weighted by atomic mass is 9.32. The second-order valence-electron chi connectivity index (χ2n) is 19.5. The maximum atomic E-state index is 13.4. The summed E-state index contributed by atoms with van der Waals surface area (Å²) < 4.78 is 11.3. The molecule has 272 valence electrons. The maximum Gasteiger partial charge on any atom is 0.324 e. The molecule has 0 amide bonds. The van der Waals surface area contributed by atoms with Crippen molar-refractivity contribution in [1.82, 2.24) is 0 Å². The van der Waals surface area contributed by atoms with Crippen LogP contribution in [-0.2, 0) is 23.9 Å². The van der Waals surface area contributed by atoms with E-state index in [0.717, 1.165) is 25.7 Å². The molecule has 4 saturated carbocycles. The van der Waals surface area contributed by atoms with Gasteiger partial charge in [0.15, 0.2) is 5.41 Å². The summed E-state index contributed by atoms with van der Waals surface area (Å²) >= 11 is 0. The van der Waals surface area contributed by atoms with Gasteiger partial charge in [-0.05, 0) is 174 Å². The van der Waals surface area contributed by atoms with E-state index in [0.29, 0.717) is 48.9 Å². The van der Waals surface area contributed by atoms with Crippen molar-refractivity contribution in [2.24, 2.45) is 62.1 Å². The highest BCUT2D eigenvalue weighted by Gasteiger charge is 2.70. The third-order valence-corrected chi connectivity index (χ3v) is 16.3. The first-order valence-corrected chi connectivity index (χ1v) is 19.8. The van der Waals surface area contributed by atoms with E-state index in [4.69, 9.17) is 9.47 Å². The Balaban J connectivity index is 1.30. The zero-order valence-corrected chi connectivity index (χ0v) is 32.5. The number of hydrogen-bond acceptors (Lipinski definition) is 5. The lowest BCUT2D eigenvalue weighted by Gasteiger charge is -2.72. The Morgan fingerprint density at radius 1 is 0.796 bits per heavy atom. The standard InChI is InChI=1S/C44H66O5/c1-27(2)31-16-21-43(26-45)25-24-41(10)33(36(31)43)12-13-35-40(9)19-17-32(39(7,8)34(40)18-20-42(35,41)11)30-14-22-44(23-15-30,37(46)48-28(3)4)38(47)49-29(5)6/h14,17,26,28-29,31,33-36H,1,12-13,15-16,18-25H2,2-11H3/t31-,33+,34-,35+,36+,40-,41+,42+,43+/m0/s1. The zero-order chi connectivity index (χ0) is 35.9. The van der Waals surface area contributed by atoms with Gasteiger partial charge in [-0.1, -0.05) is 58.9 Å². The van der Waals surface area contributed by atoms with Crippen LogP contribution in [0.25, 0.3) is 0 Å².